The number of para-hydroxylation sites is 1. The molecule has 2 aromatic carbocycles. The summed E-state index contributed by atoms with van der Waals surface area (Å²) in [5.41, 5.74) is 9.82. The van der Waals surface area contributed by atoms with Crippen molar-refractivity contribution < 1.29 is 9.59 Å². The van der Waals surface area contributed by atoms with E-state index in [4.69, 9.17) is 5.73 Å². The summed E-state index contributed by atoms with van der Waals surface area (Å²) < 4.78 is 0. The Kier molecular flexibility index (Phi) is 5.34. The van der Waals surface area contributed by atoms with Gasteiger partial charge in [0.05, 0.1) is 11.3 Å². The van der Waals surface area contributed by atoms with E-state index in [1.807, 2.05) is 41.3 Å². The lowest BCUT2D eigenvalue weighted by Gasteiger charge is -2.28. The molecular formula is C25H26N4O3. The first-order valence-corrected chi connectivity index (χ1v) is 10.4. The van der Waals surface area contributed by atoms with Gasteiger partial charge in [0, 0.05) is 49.1 Å². The molecule has 0 fully saturated rings. The standard InChI is InChI=1S/C25H26N4O3/c1-16(30)29-15-25(2,3)20-9-8-18(13-22(20)29)28(14-17-10-11-27-23(31)12-17)21-7-5-4-6-19(21)24(26)32/h4-13H,14-15H2,1-3H3,(H2,26,32)(H,27,31). The Hall–Kier alpha value is -3.87. The molecule has 164 valence electrons. The molecule has 0 atom stereocenters. The quantitative estimate of drug-likeness (QED) is 0.647. The second-order valence-electron chi connectivity index (χ2n) is 8.72. The average molecular weight is 431 g/mol. The van der Waals surface area contributed by atoms with Gasteiger partial charge in [-0.1, -0.05) is 32.0 Å². The summed E-state index contributed by atoms with van der Waals surface area (Å²) in [6, 6.07) is 16.4. The lowest BCUT2D eigenvalue weighted by atomic mass is 9.87. The Morgan fingerprint density at radius 3 is 2.56 bits per heavy atom. The number of nitrogens with two attached hydrogens (primary N) is 1. The number of carbonyl (C=O) groups is 2. The van der Waals surface area contributed by atoms with Crippen molar-refractivity contribution >= 4 is 28.9 Å². The van der Waals surface area contributed by atoms with Crippen LogP contribution in [0.1, 0.15) is 42.3 Å². The zero-order valence-electron chi connectivity index (χ0n) is 18.4. The Bertz CT molecular complexity index is 1260. The van der Waals surface area contributed by atoms with Gasteiger partial charge in [-0.15, -0.1) is 0 Å². The Morgan fingerprint density at radius 2 is 1.88 bits per heavy atom. The second kappa shape index (κ2) is 8.00. The van der Waals surface area contributed by atoms with Crippen molar-refractivity contribution in [2.24, 2.45) is 5.73 Å². The number of H-pyrrole nitrogens is 1. The number of anilines is 3. The number of carbonyl (C=O) groups excluding carboxylic acids is 2. The van der Waals surface area contributed by atoms with Crippen LogP contribution in [0.2, 0.25) is 0 Å². The number of aromatic amines is 1. The third-order valence-corrected chi connectivity index (χ3v) is 5.89. The Labute approximate surface area is 186 Å². The molecule has 1 aliphatic heterocycles. The molecular weight excluding hydrogens is 404 g/mol. The molecule has 3 aromatic rings. The number of fused-ring (bicyclic) bond motifs is 1. The maximum absolute atomic E-state index is 12.3. The second-order valence-corrected chi connectivity index (χ2v) is 8.72. The minimum atomic E-state index is -0.538. The van der Waals surface area contributed by atoms with Crippen LogP contribution in [-0.4, -0.2) is 23.3 Å². The Morgan fingerprint density at radius 1 is 1.12 bits per heavy atom. The number of aromatic nitrogens is 1. The molecule has 2 amide bonds. The summed E-state index contributed by atoms with van der Waals surface area (Å²) in [7, 11) is 0. The van der Waals surface area contributed by atoms with Gasteiger partial charge in [-0.3, -0.25) is 14.4 Å². The molecule has 0 aliphatic carbocycles. The number of nitrogens with zero attached hydrogens (tertiary/aromatic N) is 2. The molecule has 0 saturated carbocycles. The molecule has 2 heterocycles. The molecule has 0 radical (unpaired) electrons. The number of primary amides is 1. The third kappa shape index (κ3) is 3.89. The van der Waals surface area contributed by atoms with Crippen molar-refractivity contribution in [3.05, 3.63) is 87.8 Å². The van der Waals surface area contributed by atoms with Gasteiger partial charge in [-0.05, 0) is 41.5 Å². The highest BCUT2D eigenvalue weighted by Gasteiger charge is 2.37. The van der Waals surface area contributed by atoms with Crippen molar-refractivity contribution in [1.29, 1.82) is 0 Å². The van der Waals surface area contributed by atoms with Gasteiger partial charge in [-0.25, -0.2) is 0 Å². The first kappa shape index (κ1) is 21.4. The van der Waals surface area contributed by atoms with Crippen LogP contribution in [0, 0.1) is 0 Å². The summed E-state index contributed by atoms with van der Waals surface area (Å²) in [5.74, 6) is -0.559. The molecule has 0 spiro atoms. The van der Waals surface area contributed by atoms with Gasteiger partial charge in [0.1, 0.15) is 0 Å². The minimum Gasteiger partial charge on any atom is -0.366 e. The molecule has 3 N–H and O–H groups in total. The molecule has 0 unspecified atom stereocenters. The van der Waals surface area contributed by atoms with E-state index in [0.717, 1.165) is 22.5 Å². The normalized spacial score (nSPS) is 14.2. The van der Waals surface area contributed by atoms with Crippen molar-refractivity contribution in [3.63, 3.8) is 0 Å². The summed E-state index contributed by atoms with van der Waals surface area (Å²) in [6.45, 7) is 6.74. The van der Waals surface area contributed by atoms with Gasteiger partial charge >= 0.3 is 0 Å². The Balaban J connectivity index is 1.88. The summed E-state index contributed by atoms with van der Waals surface area (Å²) in [6.07, 6.45) is 1.60. The third-order valence-electron chi connectivity index (χ3n) is 5.89. The summed E-state index contributed by atoms with van der Waals surface area (Å²) in [4.78, 5) is 42.7. The molecule has 32 heavy (non-hydrogen) atoms. The molecule has 0 bridgehead atoms. The highest BCUT2D eigenvalue weighted by atomic mass is 16.2. The van der Waals surface area contributed by atoms with E-state index in [0.29, 0.717) is 24.3 Å². The van der Waals surface area contributed by atoms with Gasteiger partial charge in [0.25, 0.3) is 5.91 Å². The first-order chi connectivity index (χ1) is 15.2. The van der Waals surface area contributed by atoms with E-state index in [-0.39, 0.29) is 16.9 Å². The smallest absolute Gasteiger partial charge is 0.250 e. The van der Waals surface area contributed by atoms with Crippen molar-refractivity contribution in [2.75, 3.05) is 16.3 Å². The number of hydrogen-bond donors (Lipinski definition) is 2. The highest BCUT2D eigenvalue weighted by molar-refractivity contribution is 6.00. The fourth-order valence-electron chi connectivity index (χ4n) is 4.33. The van der Waals surface area contributed by atoms with Crippen LogP contribution in [0.4, 0.5) is 17.1 Å². The van der Waals surface area contributed by atoms with Crippen molar-refractivity contribution in [3.8, 4) is 0 Å². The zero-order valence-corrected chi connectivity index (χ0v) is 18.4. The molecule has 4 rings (SSSR count). The maximum Gasteiger partial charge on any atom is 0.250 e. The van der Waals surface area contributed by atoms with E-state index in [9.17, 15) is 14.4 Å². The van der Waals surface area contributed by atoms with Crippen LogP contribution in [0.15, 0.2) is 65.6 Å². The lowest BCUT2D eigenvalue weighted by molar-refractivity contribution is -0.116. The zero-order chi connectivity index (χ0) is 23.0. The molecule has 7 heteroatoms. The van der Waals surface area contributed by atoms with Gasteiger partial charge in [0.15, 0.2) is 0 Å². The SMILES string of the molecule is CC(=O)N1CC(C)(C)c2ccc(N(Cc3cc[nH]c(=O)c3)c3ccccc3C(N)=O)cc21. The molecule has 0 saturated heterocycles. The largest absolute Gasteiger partial charge is 0.366 e. The highest BCUT2D eigenvalue weighted by Crippen LogP contribution is 2.43. The van der Waals surface area contributed by atoms with Gasteiger partial charge < -0.3 is 20.5 Å². The van der Waals surface area contributed by atoms with Crippen LogP contribution in [0.25, 0.3) is 0 Å². The molecule has 7 nitrogen and oxygen atoms in total. The fourth-order valence-corrected chi connectivity index (χ4v) is 4.33. The van der Waals surface area contributed by atoms with Crippen LogP contribution in [0.3, 0.4) is 0 Å². The van der Waals surface area contributed by atoms with E-state index >= 15 is 0 Å². The van der Waals surface area contributed by atoms with Crippen LogP contribution in [0.5, 0.6) is 0 Å². The number of amides is 2. The lowest BCUT2D eigenvalue weighted by Crippen LogP contribution is -2.32. The van der Waals surface area contributed by atoms with Crippen LogP contribution >= 0.6 is 0 Å². The monoisotopic (exact) mass is 430 g/mol. The predicted molar refractivity (Wildman–Crippen MR) is 125 cm³/mol. The number of pyridine rings is 1. The number of rotatable bonds is 5. The van der Waals surface area contributed by atoms with Crippen LogP contribution in [-0.2, 0) is 16.8 Å². The maximum atomic E-state index is 12.3. The minimum absolute atomic E-state index is 0.0207. The summed E-state index contributed by atoms with van der Waals surface area (Å²) >= 11 is 0. The fraction of sp³-hybridized carbons (Fsp3) is 0.240. The van der Waals surface area contributed by atoms with E-state index in [1.54, 1.807) is 30.2 Å². The number of benzene rings is 2. The topological polar surface area (TPSA) is 99.5 Å². The van der Waals surface area contributed by atoms with Gasteiger partial charge in [0.2, 0.25) is 11.5 Å². The van der Waals surface area contributed by atoms with Gasteiger partial charge in [-0.2, -0.15) is 0 Å². The molecule has 1 aromatic heterocycles. The average Bonchev–Trinajstić information content (AvgIpc) is 3.02. The van der Waals surface area contributed by atoms with Crippen molar-refractivity contribution in [2.45, 2.75) is 32.7 Å². The van der Waals surface area contributed by atoms with Crippen molar-refractivity contribution in [1.82, 2.24) is 4.98 Å². The van der Waals surface area contributed by atoms with E-state index in [1.165, 1.54) is 6.07 Å². The number of nitrogens with one attached hydrogen (secondary N) is 1. The van der Waals surface area contributed by atoms with E-state index in [2.05, 4.69) is 18.8 Å². The molecule has 1 aliphatic rings. The predicted octanol–water partition coefficient (Wildman–Crippen LogP) is 3.46. The summed E-state index contributed by atoms with van der Waals surface area (Å²) in [5, 5.41) is 0. The van der Waals surface area contributed by atoms with Crippen LogP contribution < -0.4 is 21.1 Å². The number of hydrogen-bond acceptors (Lipinski definition) is 4. The van der Waals surface area contributed by atoms with E-state index < -0.39 is 5.91 Å². The first-order valence-electron chi connectivity index (χ1n) is 10.4.